The highest BCUT2D eigenvalue weighted by Crippen LogP contribution is 2.31. The van der Waals surface area contributed by atoms with Gasteiger partial charge in [-0.25, -0.2) is 14.8 Å². The monoisotopic (exact) mass is 616 g/mol. The number of amides is 5. The number of anilines is 2. The molecule has 1 N–H and O–H groups in total. The van der Waals surface area contributed by atoms with E-state index in [1.165, 1.54) is 19.7 Å². The Morgan fingerprint density at radius 3 is 2.27 bits per heavy atom. The molecule has 0 aromatic heterocycles. The molecule has 2 aliphatic rings. The lowest BCUT2D eigenvalue weighted by molar-refractivity contribution is -0.188. The third-order valence-corrected chi connectivity index (χ3v) is 8.02. The summed E-state index contributed by atoms with van der Waals surface area (Å²) in [5, 5.41) is 6.49. The number of hydrazine groups is 1. The molecule has 5 rings (SSSR count). The maximum atomic E-state index is 14.1. The van der Waals surface area contributed by atoms with E-state index in [0.717, 1.165) is 5.56 Å². The smallest absolute Gasteiger partial charge is 0.333 e. The number of carbonyl (C=O) groups excluding carboxylic acids is 4. The van der Waals surface area contributed by atoms with Crippen molar-refractivity contribution in [2.45, 2.75) is 39.0 Å². The number of nitrogens with one attached hydrogen (secondary N) is 1. The van der Waals surface area contributed by atoms with Crippen LogP contribution in [0, 0.1) is 5.92 Å². The quantitative estimate of drug-likeness (QED) is 0.402. The molecule has 2 heterocycles. The molecule has 2 saturated heterocycles. The Morgan fingerprint density at radius 2 is 1.61 bits per heavy atom. The summed E-state index contributed by atoms with van der Waals surface area (Å²) in [7, 11) is 1.68. The molecule has 3 aromatic rings. The molecular weight excluding hydrogens is 580 g/mol. The van der Waals surface area contributed by atoms with Crippen LogP contribution in [0.3, 0.4) is 0 Å². The average molecular weight is 617 g/mol. The van der Waals surface area contributed by atoms with Gasteiger partial charge in [0, 0.05) is 24.3 Å². The first-order chi connectivity index (χ1) is 21.1. The number of piperazine rings is 1. The van der Waals surface area contributed by atoms with Crippen LogP contribution in [0.4, 0.5) is 16.2 Å². The number of carbonyl (C=O) groups is 4. The van der Waals surface area contributed by atoms with Crippen molar-refractivity contribution in [3.63, 3.8) is 0 Å². The number of hydrogen-bond acceptors (Lipinski definition) is 5. The molecule has 230 valence electrons. The predicted molar refractivity (Wildman–Crippen MR) is 169 cm³/mol. The predicted octanol–water partition coefficient (Wildman–Crippen LogP) is 4.49. The number of likely N-dealkylation sites (N-methyl/N-ethyl adjacent to an activating group) is 1. The van der Waals surface area contributed by atoms with Gasteiger partial charge in [0.15, 0.2) is 0 Å². The lowest BCUT2D eigenvalue weighted by atomic mass is 9.97. The number of rotatable bonds is 8. The number of fused-ring (bicyclic) bond motifs is 1. The SMILES string of the molecule is CC(C)C[C@H]1C(=O)N(CC(=O)N(c2ccccc2)c2cccc(Cl)c2)C[C@H]2N1C(=O)CN(C)N2C(=O)NCc1ccccc1. The summed E-state index contributed by atoms with van der Waals surface area (Å²) < 4.78 is 0. The van der Waals surface area contributed by atoms with Crippen LogP contribution in [0.1, 0.15) is 25.8 Å². The van der Waals surface area contributed by atoms with Crippen LogP contribution in [0.15, 0.2) is 84.9 Å². The molecule has 44 heavy (non-hydrogen) atoms. The van der Waals surface area contributed by atoms with E-state index in [1.54, 1.807) is 36.3 Å². The van der Waals surface area contributed by atoms with Crippen molar-refractivity contribution in [1.82, 2.24) is 25.1 Å². The molecule has 0 saturated carbocycles. The Labute approximate surface area is 262 Å². The number of hydrogen-bond donors (Lipinski definition) is 1. The largest absolute Gasteiger partial charge is 0.334 e. The fourth-order valence-electron chi connectivity index (χ4n) is 5.84. The van der Waals surface area contributed by atoms with E-state index in [0.29, 0.717) is 29.4 Å². The van der Waals surface area contributed by atoms with Crippen molar-refractivity contribution in [3.8, 4) is 0 Å². The number of urea groups is 1. The van der Waals surface area contributed by atoms with Crippen molar-refractivity contribution < 1.29 is 19.2 Å². The molecule has 2 aliphatic heterocycles. The molecule has 0 unspecified atom stereocenters. The van der Waals surface area contributed by atoms with Crippen LogP contribution in [0.5, 0.6) is 0 Å². The Morgan fingerprint density at radius 1 is 0.955 bits per heavy atom. The number of para-hydroxylation sites is 1. The lowest BCUT2D eigenvalue weighted by Gasteiger charge is -2.54. The van der Waals surface area contributed by atoms with Gasteiger partial charge in [-0.05, 0) is 48.2 Å². The summed E-state index contributed by atoms with van der Waals surface area (Å²) in [6, 6.07) is 24.4. The number of nitrogens with zero attached hydrogens (tertiary/aromatic N) is 5. The van der Waals surface area contributed by atoms with Crippen molar-refractivity contribution in [2.75, 3.05) is 31.6 Å². The van der Waals surface area contributed by atoms with Gasteiger partial charge in [-0.15, -0.1) is 0 Å². The molecule has 3 aromatic carbocycles. The highest BCUT2D eigenvalue weighted by molar-refractivity contribution is 6.31. The molecule has 2 fully saturated rings. The highest BCUT2D eigenvalue weighted by Gasteiger charge is 2.51. The number of halogens is 1. The van der Waals surface area contributed by atoms with Crippen molar-refractivity contribution in [1.29, 1.82) is 0 Å². The third-order valence-electron chi connectivity index (χ3n) is 7.79. The molecule has 0 aliphatic carbocycles. The van der Waals surface area contributed by atoms with E-state index in [4.69, 9.17) is 11.6 Å². The van der Waals surface area contributed by atoms with Gasteiger partial charge in [-0.1, -0.05) is 80.0 Å². The topological polar surface area (TPSA) is 96.5 Å². The van der Waals surface area contributed by atoms with E-state index in [1.807, 2.05) is 74.5 Å². The summed E-state index contributed by atoms with van der Waals surface area (Å²) in [6.07, 6.45) is -0.395. The molecule has 0 spiro atoms. The van der Waals surface area contributed by atoms with Crippen molar-refractivity contribution >= 4 is 46.7 Å². The van der Waals surface area contributed by atoms with Crippen LogP contribution >= 0.6 is 11.6 Å². The zero-order valence-corrected chi connectivity index (χ0v) is 25.9. The fraction of sp³-hybridized carbons (Fsp3) is 0.333. The summed E-state index contributed by atoms with van der Waals surface area (Å²) in [4.78, 5) is 59.7. The van der Waals surface area contributed by atoms with Gasteiger partial charge in [-0.2, -0.15) is 0 Å². The Kier molecular flexibility index (Phi) is 9.51. The maximum Gasteiger partial charge on any atom is 0.334 e. The van der Waals surface area contributed by atoms with Crippen LogP contribution in [-0.2, 0) is 20.9 Å². The lowest BCUT2D eigenvalue weighted by Crippen LogP contribution is -2.76. The zero-order chi connectivity index (χ0) is 31.4. The Bertz CT molecular complexity index is 1500. The standard InChI is InChI=1S/C33H37ClN6O4/c1-23(2)17-28-32(43)37(22-31(42)38(26-14-8-5-9-15-26)27-16-10-13-25(34)18-27)20-29-39(28)30(41)21-36(3)40(29)33(44)35-19-24-11-6-4-7-12-24/h4-16,18,23,28-29H,17,19-22H2,1-3H3,(H,35,44)/t28-,29-/m0/s1. The minimum atomic E-state index is -0.816. The van der Waals surface area contributed by atoms with Gasteiger partial charge in [0.25, 0.3) is 5.91 Å². The van der Waals surface area contributed by atoms with E-state index in [9.17, 15) is 19.2 Å². The van der Waals surface area contributed by atoms with Crippen molar-refractivity contribution in [2.24, 2.45) is 5.92 Å². The van der Waals surface area contributed by atoms with E-state index in [2.05, 4.69) is 5.32 Å². The Balaban J connectivity index is 1.45. The average Bonchev–Trinajstić information content (AvgIpc) is 2.99. The van der Waals surface area contributed by atoms with Gasteiger partial charge in [0.1, 0.15) is 18.8 Å². The minimum Gasteiger partial charge on any atom is -0.333 e. The van der Waals surface area contributed by atoms with E-state index < -0.39 is 18.2 Å². The van der Waals surface area contributed by atoms with Gasteiger partial charge in [-0.3, -0.25) is 19.3 Å². The second-order valence-corrected chi connectivity index (χ2v) is 11.9. The summed E-state index contributed by atoms with van der Waals surface area (Å²) in [5.41, 5.74) is 2.12. The molecule has 2 atom stereocenters. The molecule has 10 nitrogen and oxygen atoms in total. The van der Waals surface area contributed by atoms with Crippen LogP contribution in [0.2, 0.25) is 5.02 Å². The summed E-state index contributed by atoms with van der Waals surface area (Å²) in [6.45, 7) is 3.93. The second-order valence-electron chi connectivity index (χ2n) is 11.5. The Hall–Kier alpha value is -4.41. The number of benzene rings is 3. The summed E-state index contributed by atoms with van der Waals surface area (Å²) in [5.74, 6) is -0.816. The first kappa shape index (κ1) is 31.0. The van der Waals surface area contributed by atoms with Crippen molar-refractivity contribution in [3.05, 3.63) is 95.5 Å². The van der Waals surface area contributed by atoms with E-state index >= 15 is 0 Å². The van der Waals surface area contributed by atoms with Gasteiger partial charge in [0.2, 0.25) is 11.8 Å². The second kappa shape index (κ2) is 13.5. The normalized spacial score (nSPS) is 18.8. The first-order valence-electron chi connectivity index (χ1n) is 14.7. The highest BCUT2D eigenvalue weighted by atomic mass is 35.5. The van der Waals surface area contributed by atoms with Crippen LogP contribution in [0.25, 0.3) is 0 Å². The fourth-order valence-corrected chi connectivity index (χ4v) is 6.02. The zero-order valence-electron chi connectivity index (χ0n) is 25.1. The molecule has 0 bridgehead atoms. The van der Waals surface area contributed by atoms with Crippen LogP contribution in [-0.4, -0.2) is 82.5 Å². The third kappa shape index (κ3) is 6.71. The molecule has 11 heteroatoms. The minimum absolute atomic E-state index is 0.0216. The molecule has 0 radical (unpaired) electrons. The molecular formula is C33H37ClN6O4. The van der Waals surface area contributed by atoms with Gasteiger partial charge >= 0.3 is 6.03 Å². The first-order valence-corrected chi connectivity index (χ1v) is 15.1. The van der Waals surface area contributed by atoms with Crippen LogP contribution < -0.4 is 10.2 Å². The summed E-state index contributed by atoms with van der Waals surface area (Å²) >= 11 is 6.29. The maximum absolute atomic E-state index is 14.1. The van der Waals surface area contributed by atoms with Gasteiger partial charge < -0.3 is 15.1 Å². The van der Waals surface area contributed by atoms with Gasteiger partial charge in [0.05, 0.1) is 18.8 Å². The molecule has 5 amide bonds. The van der Waals surface area contributed by atoms with E-state index in [-0.39, 0.29) is 43.3 Å².